The van der Waals surface area contributed by atoms with Crippen molar-refractivity contribution in [2.75, 3.05) is 6.54 Å². The zero-order chi connectivity index (χ0) is 18.4. The minimum Gasteiger partial charge on any atom is -0.297 e. The molecule has 0 aliphatic rings. The zero-order valence-electron chi connectivity index (χ0n) is 17.9. The monoisotopic (exact) mass is 337 g/mol. The van der Waals surface area contributed by atoms with E-state index < -0.39 is 0 Å². The molecule has 1 atom stereocenters. The van der Waals surface area contributed by atoms with Crippen LogP contribution in [0.25, 0.3) is 0 Å². The van der Waals surface area contributed by atoms with E-state index in [1.54, 1.807) is 0 Å². The van der Waals surface area contributed by atoms with E-state index in [9.17, 15) is 0 Å². The normalized spacial score (nSPS) is 13.7. The summed E-state index contributed by atoms with van der Waals surface area (Å²) in [6.07, 6.45) is 17.1. The summed E-state index contributed by atoms with van der Waals surface area (Å²) in [4.78, 5) is 2.75. The van der Waals surface area contributed by atoms with E-state index in [-0.39, 0.29) is 0 Å². The molecule has 24 heavy (non-hydrogen) atoms. The number of rotatable bonds is 16. The molecule has 0 heterocycles. The highest BCUT2D eigenvalue weighted by Gasteiger charge is 2.38. The van der Waals surface area contributed by atoms with E-state index in [4.69, 9.17) is 0 Å². The molecule has 0 fully saturated rings. The van der Waals surface area contributed by atoms with Crippen LogP contribution in [0.2, 0.25) is 0 Å². The smallest absolute Gasteiger partial charge is 0.0189 e. The highest BCUT2D eigenvalue weighted by atomic mass is 15.2. The minimum absolute atomic E-state index is 0.299. The van der Waals surface area contributed by atoms with Gasteiger partial charge in [0.05, 0.1) is 0 Å². The Labute approximate surface area is 154 Å². The van der Waals surface area contributed by atoms with Gasteiger partial charge in [0.15, 0.2) is 0 Å². The van der Waals surface area contributed by atoms with E-state index in [1.807, 2.05) is 0 Å². The van der Waals surface area contributed by atoms with Crippen molar-refractivity contribution in [3.8, 4) is 0 Å². The van der Waals surface area contributed by atoms with Gasteiger partial charge in [0.1, 0.15) is 0 Å². The number of hydrogen-bond acceptors (Lipinski definition) is 1. The quantitative estimate of drug-likeness (QED) is 0.207. The number of hydrogen-bond donors (Lipinski definition) is 0. The molecule has 0 spiro atoms. The molecule has 1 unspecified atom stereocenters. The van der Waals surface area contributed by atoms with E-state index in [1.165, 1.54) is 70.6 Å². The Kier molecular flexibility index (Phi) is 13.8. The molecule has 0 aromatic heterocycles. The van der Waals surface area contributed by atoms with Crippen molar-refractivity contribution in [2.45, 2.75) is 124 Å². The number of unbranched alkanes of at least 4 members (excludes halogenated alkanes) is 5. The zero-order valence-corrected chi connectivity index (χ0v) is 17.9. The van der Waals surface area contributed by atoms with Gasteiger partial charge >= 0.3 is 0 Å². The SMILES string of the molecule is C=CC(CCC)(CCC)C(CCCCCCCC)N(CC)C(C)C. The van der Waals surface area contributed by atoms with Crippen molar-refractivity contribution in [3.63, 3.8) is 0 Å². The van der Waals surface area contributed by atoms with Crippen molar-refractivity contribution in [1.29, 1.82) is 0 Å². The van der Waals surface area contributed by atoms with Crippen LogP contribution in [0.5, 0.6) is 0 Å². The molecule has 144 valence electrons. The highest BCUT2D eigenvalue weighted by molar-refractivity contribution is 5.03. The largest absolute Gasteiger partial charge is 0.297 e. The molecule has 0 N–H and O–H groups in total. The average Bonchev–Trinajstić information content (AvgIpc) is 2.56. The van der Waals surface area contributed by atoms with E-state index >= 15 is 0 Å². The average molecular weight is 338 g/mol. The summed E-state index contributed by atoms with van der Waals surface area (Å²) in [6.45, 7) is 19.5. The van der Waals surface area contributed by atoms with Crippen molar-refractivity contribution >= 4 is 0 Å². The molecular weight excluding hydrogens is 290 g/mol. The predicted molar refractivity (Wildman–Crippen MR) is 112 cm³/mol. The van der Waals surface area contributed by atoms with Gasteiger partial charge in [-0.05, 0) is 39.7 Å². The van der Waals surface area contributed by atoms with E-state index in [0.29, 0.717) is 17.5 Å². The van der Waals surface area contributed by atoms with Crippen LogP contribution in [-0.4, -0.2) is 23.5 Å². The molecule has 0 rings (SSSR count). The molecule has 0 radical (unpaired) electrons. The molecule has 0 amide bonds. The van der Waals surface area contributed by atoms with Crippen molar-refractivity contribution in [1.82, 2.24) is 4.90 Å². The maximum Gasteiger partial charge on any atom is 0.0189 e. The van der Waals surface area contributed by atoms with Gasteiger partial charge in [-0.2, -0.15) is 0 Å². The van der Waals surface area contributed by atoms with Crippen LogP contribution in [0.15, 0.2) is 12.7 Å². The Balaban J connectivity index is 5.09. The summed E-state index contributed by atoms with van der Waals surface area (Å²) in [7, 11) is 0. The molecule has 1 heteroatoms. The Morgan fingerprint density at radius 3 is 1.79 bits per heavy atom. The molecule has 0 bridgehead atoms. The summed E-state index contributed by atoms with van der Waals surface area (Å²) in [6, 6.07) is 1.28. The first-order valence-electron chi connectivity index (χ1n) is 10.9. The van der Waals surface area contributed by atoms with E-state index in [2.05, 4.69) is 59.1 Å². The summed E-state index contributed by atoms with van der Waals surface area (Å²) in [5.74, 6) is 0. The summed E-state index contributed by atoms with van der Waals surface area (Å²) in [5.41, 5.74) is 0.299. The molecule has 1 nitrogen and oxygen atoms in total. The lowest BCUT2D eigenvalue weighted by molar-refractivity contribution is 0.0515. The van der Waals surface area contributed by atoms with E-state index in [0.717, 1.165) is 6.54 Å². The summed E-state index contributed by atoms with van der Waals surface area (Å²) in [5, 5.41) is 0. The molecule has 0 aliphatic heterocycles. The number of nitrogens with zero attached hydrogens (tertiary/aromatic N) is 1. The first-order chi connectivity index (χ1) is 11.5. The van der Waals surface area contributed by atoms with Gasteiger partial charge in [-0.1, -0.05) is 85.1 Å². The molecule has 0 aromatic carbocycles. The minimum atomic E-state index is 0.299. The molecule has 0 saturated heterocycles. The topological polar surface area (TPSA) is 3.24 Å². The fourth-order valence-electron chi connectivity index (χ4n) is 4.58. The third-order valence-electron chi connectivity index (χ3n) is 5.76. The Morgan fingerprint density at radius 1 is 0.833 bits per heavy atom. The van der Waals surface area contributed by atoms with Gasteiger partial charge in [0, 0.05) is 17.5 Å². The Hall–Kier alpha value is -0.300. The maximum absolute atomic E-state index is 4.31. The molecule has 0 saturated carbocycles. The standard InChI is InChI=1S/C23H47N/c1-8-13-14-15-16-17-18-22(24(12-5)21(6)7)23(11-4,19-9-2)20-10-3/h11,21-22H,4,8-10,12-20H2,1-3,5-7H3. The van der Waals surface area contributed by atoms with Crippen LogP contribution < -0.4 is 0 Å². The van der Waals surface area contributed by atoms with Crippen LogP contribution in [0.1, 0.15) is 112 Å². The lowest BCUT2D eigenvalue weighted by Gasteiger charge is -2.47. The van der Waals surface area contributed by atoms with Gasteiger partial charge in [0.25, 0.3) is 0 Å². The third kappa shape index (κ3) is 7.72. The molecule has 0 aliphatic carbocycles. The molecule has 0 aromatic rings. The fourth-order valence-corrected chi connectivity index (χ4v) is 4.58. The van der Waals surface area contributed by atoms with Crippen LogP contribution in [0, 0.1) is 5.41 Å². The van der Waals surface area contributed by atoms with Crippen LogP contribution in [0.4, 0.5) is 0 Å². The van der Waals surface area contributed by atoms with Crippen molar-refractivity contribution in [3.05, 3.63) is 12.7 Å². The van der Waals surface area contributed by atoms with Crippen molar-refractivity contribution in [2.24, 2.45) is 5.41 Å². The van der Waals surface area contributed by atoms with Gasteiger partial charge in [-0.15, -0.1) is 6.58 Å². The fraction of sp³-hybridized carbons (Fsp3) is 0.913. The first-order valence-corrected chi connectivity index (χ1v) is 10.9. The van der Waals surface area contributed by atoms with Gasteiger partial charge < -0.3 is 0 Å². The summed E-state index contributed by atoms with van der Waals surface area (Å²) >= 11 is 0. The second-order valence-corrected chi connectivity index (χ2v) is 7.93. The predicted octanol–water partition coefficient (Wildman–Crippen LogP) is 7.61. The lowest BCUT2D eigenvalue weighted by atomic mass is 9.70. The van der Waals surface area contributed by atoms with Gasteiger partial charge in [-0.3, -0.25) is 4.90 Å². The van der Waals surface area contributed by atoms with Gasteiger partial charge in [0.2, 0.25) is 0 Å². The van der Waals surface area contributed by atoms with Crippen molar-refractivity contribution < 1.29 is 0 Å². The van der Waals surface area contributed by atoms with Crippen LogP contribution >= 0.6 is 0 Å². The highest BCUT2D eigenvalue weighted by Crippen LogP contribution is 2.40. The lowest BCUT2D eigenvalue weighted by Crippen LogP contribution is -2.50. The second kappa shape index (κ2) is 13.9. The third-order valence-corrected chi connectivity index (χ3v) is 5.76. The van der Waals surface area contributed by atoms with Gasteiger partial charge in [-0.25, -0.2) is 0 Å². The Morgan fingerprint density at radius 2 is 1.38 bits per heavy atom. The maximum atomic E-state index is 4.31. The van der Waals surface area contributed by atoms with Crippen LogP contribution in [-0.2, 0) is 0 Å². The molecular formula is C23H47N. The second-order valence-electron chi connectivity index (χ2n) is 7.93. The van der Waals surface area contributed by atoms with Crippen LogP contribution in [0.3, 0.4) is 0 Å². The Bertz CT molecular complexity index is 288. The first kappa shape index (κ1) is 23.7. The summed E-state index contributed by atoms with van der Waals surface area (Å²) < 4.78 is 0.